The first-order valence-corrected chi connectivity index (χ1v) is 3.08. The summed E-state index contributed by atoms with van der Waals surface area (Å²) in [7, 11) is 0. The van der Waals surface area contributed by atoms with Crippen LogP contribution in [0.4, 0.5) is 0 Å². The molecule has 1 atom stereocenters. The van der Waals surface area contributed by atoms with Gasteiger partial charge in [-0.15, -0.1) is 0 Å². The lowest BCUT2D eigenvalue weighted by Gasteiger charge is -2.08. The molecule has 0 saturated heterocycles. The van der Waals surface area contributed by atoms with E-state index in [1.54, 1.807) is 0 Å². The van der Waals surface area contributed by atoms with E-state index in [-0.39, 0.29) is 6.04 Å². The molecule has 0 heterocycles. The van der Waals surface area contributed by atoms with E-state index in [2.05, 4.69) is 5.32 Å². The molecule has 0 saturated carbocycles. The predicted octanol–water partition coefficient (Wildman–Crippen LogP) is 0.332. The first kappa shape index (κ1) is 8.43. The normalized spacial score (nSPS) is 12.8. The van der Waals surface area contributed by atoms with Gasteiger partial charge in [0.05, 0.1) is 0 Å². The monoisotopic (exact) mass is 130 g/mol. The lowest BCUT2D eigenvalue weighted by Crippen LogP contribution is -2.33. The molecule has 0 fully saturated rings. The summed E-state index contributed by atoms with van der Waals surface area (Å²) in [6.07, 6.45) is 0.867. The van der Waals surface area contributed by atoms with Crippen molar-refractivity contribution in [2.75, 3.05) is 6.61 Å². The highest BCUT2D eigenvalue weighted by Gasteiger charge is 2.02. The van der Waals surface area contributed by atoms with Gasteiger partial charge in [-0.05, 0) is 13.3 Å². The Bertz CT molecular complexity index is 93.1. The first-order valence-electron chi connectivity index (χ1n) is 3.08. The Morgan fingerprint density at radius 2 is 2.22 bits per heavy atom. The SMILES string of the molecule is CCC(C)NC(=O)C[O]. The minimum absolute atomic E-state index is 0.131. The van der Waals surface area contributed by atoms with Gasteiger partial charge in [-0.25, -0.2) is 5.11 Å². The Morgan fingerprint density at radius 1 is 1.67 bits per heavy atom. The number of hydrogen-bond acceptors (Lipinski definition) is 1. The standard InChI is InChI=1S/C6H12NO2/c1-3-5(2)7-6(9)4-8/h5H,3-4H2,1-2H3,(H,7,9). The van der Waals surface area contributed by atoms with Gasteiger partial charge in [0.2, 0.25) is 5.91 Å². The van der Waals surface area contributed by atoms with E-state index >= 15 is 0 Å². The molecule has 0 spiro atoms. The van der Waals surface area contributed by atoms with E-state index in [4.69, 9.17) is 0 Å². The van der Waals surface area contributed by atoms with Gasteiger partial charge in [-0.3, -0.25) is 4.79 Å². The zero-order valence-corrected chi connectivity index (χ0v) is 5.81. The fourth-order valence-electron chi connectivity index (χ4n) is 0.419. The Balaban J connectivity index is 3.34. The van der Waals surface area contributed by atoms with Gasteiger partial charge >= 0.3 is 0 Å². The topological polar surface area (TPSA) is 49.0 Å². The molecule has 1 radical (unpaired) electrons. The molecule has 53 valence electrons. The van der Waals surface area contributed by atoms with Crippen LogP contribution in [0.3, 0.4) is 0 Å². The second kappa shape index (κ2) is 4.32. The van der Waals surface area contributed by atoms with E-state index < -0.39 is 12.5 Å². The summed E-state index contributed by atoms with van der Waals surface area (Å²) >= 11 is 0. The number of carbonyl (C=O) groups is 1. The molecule has 0 aliphatic rings. The molecule has 0 rings (SSSR count). The van der Waals surface area contributed by atoms with Crippen molar-refractivity contribution in [1.29, 1.82) is 0 Å². The molecule has 0 aromatic carbocycles. The summed E-state index contributed by atoms with van der Waals surface area (Å²) in [5, 5.41) is 12.4. The van der Waals surface area contributed by atoms with Gasteiger partial charge in [-0.2, -0.15) is 0 Å². The summed E-state index contributed by atoms with van der Waals surface area (Å²) in [6, 6.07) is 0.131. The predicted molar refractivity (Wildman–Crippen MR) is 33.4 cm³/mol. The van der Waals surface area contributed by atoms with Crippen LogP contribution in [-0.4, -0.2) is 18.6 Å². The molecule has 0 aromatic rings. The minimum atomic E-state index is -0.662. The van der Waals surface area contributed by atoms with E-state index in [9.17, 15) is 9.90 Å². The smallest absolute Gasteiger partial charge is 0.249 e. The van der Waals surface area contributed by atoms with Crippen LogP contribution in [0, 0.1) is 0 Å². The molecule has 1 amide bonds. The summed E-state index contributed by atoms with van der Waals surface area (Å²) in [4.78, 5) is 10.4. The van der Waals surface area contributed by atoms with Crippen LogP contribution in [0.15, 0.2) is 0 Å². The molecule has 1 N–H and O–H groups in total. The van der Waals surface area contributed by atoms with Crippen molar-refractivity contribution in [3.05, 3.63) is 0 Å². The van der Waals surface area contributed by atoms with Crippen molar-refractivity contribution in [2.45, 2.75) is 26.3 Å². The molecule has 0 aliphatic carbocycles. The summed E-state index contributed by atoms with van der Waals surface area (Å²) in [6.45, 7) is 3.16. The average Bonchev–Trinajstić information content (AvgIpc) is 1.87. The molecular weight excluding hydrogens is 118 g/mol. The van der Waals surface area contributed by atoms with Gasteiger partial charge in [-0.1, -0.05) is 6.92 Å². The van der Waals surface area contributed by atoms with Gasteiger partial charge in [0.25, 0.3) is 0 Å². The molecular formula is C6H12NO2. The molecule has 3 nitrogen and oxygen atoms in total. The highest BCUT2D eigenvalue weighted by atomic mass is 16.3. The fraction of sp³-hybridized carbons (Fsp3) is 0.833. The Hall–Kier alpha value is -0.570. The third-order valence-electron chi connectivity index (χ3n) is 1.15. The molecule has 1 unspecified atom stereocenters. The maximum atomic E-state index is 10.4. The third-order valence-corrected chi connectivity index (χ3v) is 1.15. The van der Waals surface area contributed by atoms with Crippen molar-refractivity contribution in [3.63, 3.8) is 0 Å². The number of amides is 1. The van der Waals surface area contributed by atoms with Crippen LogP contribution in [0.1, 0.15) is 20.3 Å². The van der Waals surface area contributed by atoms with Gasteiger partial charge in [0.1, 0.15) is 0 Å². The average molecular weight is 130 g/mol. The maximum Gasteiger partial charge on any atom is 0.249 e. The van der Waals surface area contributed by atoms with Crippen LogP contribution in [-0.2, 0) is 9.90 Å². The molecule has 3 heteroatoms. The van der Waals surface area contributed by atoms with Gasteiger partial charge < -0.3 is 5.32 Å². The second-order valence-corrected chi connectivity index (χ2v) is 2.02. The van der Waals surface area contributed by atoms with Crippen LogP contribution in [0.25, 0.3) is 0 Å². The maximum absolute atomic E-state index is 10.4. The van der Waals surface area contributed by atoms with E-state index in [0.717, 1.165) is 6.42 Å². The molecule has 0 bridgehead atoms. The number of hydrogen-bond donors (Lipinski definition) is 1. The Morgan fingerprint density at radius 3 is 2.56 bits per heavy atom. The van der Waals surface area contributed by atoms with Crippen molar-refractivity contribution in [2.24, 2.45) is 0 Å². The minimum Gasteiger partial charge on any atom is -0.352 e. The van der Waals surface area contributed by atoms with Gasteiger partial charge in [0.15, 0.2) is 6.61 Å². The fourth-order valence-corrected chi connectivity index (χ4v) is 0.419. The van der Waals surface area contributed by atoms with Crippen molar-refractivity contribution in [1.82, 2.24) is 5.32 Å². The highest BCUT2D eigenvalue weighted by Crippen LogP contribution is 1.85. The number of carbonyl (C=O) groups excluding carboxylic acids is 1. The number of nitrogens with one attached hydrogen (secondary N) is 1. The van der Waals surface area contributed by atoms with Crippen molar-refractivity contribution < 1.29 is 9.90 Å². The lowest BCUT2D eigenvalue weighted by molar-refractivity contribution is -0.126. The summed E-state index contributed by atoms with van der Waals surface area (Å²) in [5.74, 6) is -0.413. The zero-order valence-electron chi connectivity index (χ0n) is 5.81. The Labute approximate surface area is 55.1 Å². The Kier molecular flexibility index (Phi) is 4.05. The highest BCUT2D eigenvalue weighted by molar-refractivity contribution is 5.77. The van der Waals surface area contributed by atoms with E-state index in [1.165, 1.54) is 0 Å². The number of rotatable bonds is 3. The van der Waals surface area contributed by atoms with E-state index in [1.807, 2.05) is 13.8 Å². The second-order valence-electron chi connectivity index (χ2n) is 2.02. The van der Waals surface area contributed by atoms with Crippen molar-refractivity contribution >= 4 is 5.91 Å². The quantitative estimate of drug-likeness (QED) is 0.588. The largest absolute Gasteiger partial charge is 0.352 e. The van der Waals surface area contributed by atoms with Crippen LogP contribution >= 0.6 is 0 Å². The molecule has 0 aromatic heterocycles. The van der Waals surface area contributed by atoms with Crippen molar-refractivity contribution in [3.8, 4) is 0 Å². The summed E-state index contributed by atoms with van der Waals surface area (Å²) < 4.78 is 0. The zero-order chi connectivity index (χ0) is 7.28. The molecule has 9 heavy (non-hydrogen) atoms. The van der Waals surface area contributed by atoms with E-state index in [0.29, 0.717) is 0 Å². The third kappa shape index (κ3) is 3.97. The molecule has 0 aliphatic heterocycles. The van der Waals surface area contributed by atoms with Crippen LogP contribution in [0.2, 0.25) is 0 Å². The van der Waals surface area contributed by atoms with Crippen LogP contribution in [0.5, 0.6) is 0 Å². The lowest BCUT2D eigenvalue weighted by atomic mass is 10.2. The first-order chi connectivity index (χ1) is 4.20. The summed E-state index contributed by atoms with van der Waals surface area (Å²) in [5.41, 5.74) is 0. The van der Waals surface area contributed by atoms with Crippen LogP contribution < -0.4 is 5.32 Å². The van der Waals surface area contributed by atoms with Gasteiger partial charge in [0, 0.05) is 6.04 Å².